The number of hydrogen-bond acceptors (Lipinski definition) is 3. The Kier molecular flexibility index (Phi) is 3.68. The van der Waals surface area contributed by atoms with Crippen LogP contribution in [0.15, 0.2) is 24.4 Å². The molecule has 5 heteroatoms. The minimum absolute atomic E-state index is 0.262. The summed E-state index contributed by atoms with van der Waals surface area (Å²) < 4.78 is 7.43. The Morgan fingerprint density at radius 3 is 3.15 bits per heavy atom. The molecule has 2 aromatic rings. The largest absolute Gasteiger partial charge is 0.493 e. The summed E-state index contributed by atoms with van der Waals surface area (Å²) in [6, 6.07) is 5.86. The van der Waals surface area contributed by atoms with Crippen LogP contribution < -0.4 is 10.5 Å². The standard InChI is InChI=1S/C15H18ClN3O/c1-2-6-19-15(12(16)9-18-19)14(17)11-3-4-13-10(8-11)5-7-20-13/h3-4,8-9,14H,2,5-7,17H2,1H3. The smallest absolute Gasteiger partial charge is 0.122 e. The quantitative estimate of drug-likeness (QED) is 0.942. The van der Waals surface area contributed by atoms with Crippen LogP contribution >= 0.6 is 11.6 Å². The maximum absolute atomic E-state index is 6.40. The Labute approximate surface area is 123 Å². The van der Waals surface area contributed by atoms with Crippen LogP contribution in [0.1, 0.15) is 36.2 Å². The summed E-state index contributed by atoms with van der Waals surface area (Å²) >= 11 is 6.25. The molecule has 4 nitrogen and oxygen atoms in total. The van der Waals surface area contributed by atoms with E-state index in [1.807, 2.05) is 16.8 Å². The van der Waals surface area contributed by atoms with Crippen molar-refractivity contribution in [2.24, 2.45) is 5.73 Å². The summed E-state index contributed by atoms with van der Waals surface area (Å²) in [6.45, 7) is 3.68. The van der Waals surface area contributed by atoms with Gasteiger partial charge in [0.05, 0.1) is 29.6 Å². The molecule has 1 aliphatic rings. The highest BCUT2D eigenvalue weighted by molar-refractivity contribution is 6.31. The van der Waals surface area contributed by atoms with E-state index in [1.54, 1.807) is 6.20 Å². The van der Waals surface area contributed by atoms with Crippen molar-refractivity contribution in [3.63, 3.8) is 0 Å². The molecule has 1 aromatic heterocycles. The zero-order chi connectivity index (χ0) is 14.1. The second kappa shape index (κ2) is 5.46. The first-order chi connectivity index (χ1) is 9.70. The van der Waals surface area contributed by atoms with Crippen LogP contribution in [0.2, 0.25) is 5.02 Å². The van der Waals surface area contributed by atoms with Crippen LogP contribution in [0.25, 0.3) is 0 Å². The Hall–Kier alpha value is -1.52. The number of fused-ring (bicyclic) bond motifs is 1. The van der Waals surface area contributed by atoms with Gasteiger partial charge in [0.1, 0.15) is 5.75 Å². The lowest BCUT2D eigenvalue weighted by Gasteiger charge is -2.16. The number of rotatable bonds is 4. The van der Waals surface area contributed by atoms with Crippen LogP contribution in [-0.2, 0) is 13.0 Å². The highest BCUT2D eigenvalue weighted by Crippen LogP contribution is 2.31. The Morgan fingerprint density at radius 1 is 1.50 bits per heavy atom. The van der Waals surface area contributed by atoms with Gasteiger partial charge in [0.15, 0.2) is 0 Å². The van der Waals surface area contributed by atoms with Gasteiger partial charge in [0, 0.05) is 13.0 Å². The zero-order valence-corrected chi connectivity index (χ0v) is 12.2. The molecule has 0 aliphatic carbocycles. The van der Waals surface area contributed by atoms with E-state index in [9.17, 15) is 0 Å². The lowest BCUT2D eigenvalue weighted by atomic mass is 10.0. The average molecular weight is 292 g/mol. The number of nitrogens with two attached hydrogens (primary N) is 1. The zero-order valence-electron chi connectivity index (χ0n) is 11.5. The van der Waals surface area contributed by atoms with Gasteiger partial charge in [-0.05, 0) is 23.6 Å². The summed E-state index contributed by atoms with van der Waals surface area (Å²) in [5, 5.41) is 4.93. The Bertz CT molecular complexity index is 624. The molecular formula is C15H18ClN3O. The van der Waals surface area contributed by atoms with Gasteiger partial charge in [-0.1, -0.05) is 30.7 Å². The SMILES string of the molecule is CCCn1ncc(Cl)c1C(N)c1ccc2c(c1)CCO2. The van der Waals surface area contributed by atoms with E-state index in [1.165, 1.54) is 5.56 Å². The molecular weight excluding hydrogens is 274 g/mol. The predicted molar refractivity (Wildman–Crippen MR) is 79.2 cm³/mol. The van der Waals surface area contributed by atoms with Gasteiger partial charge < -0.3 is 10.5 Å². The maximum Gasteiger partial charge on any atom is 0.122 e. The summed E-state index contributed by atoms with van der Waals surface area (Å²) in [5.74, 6) is 0.967. The van der Waals surface area contributed by atoms with Crippen molar-refractivity contribution >= 4 is 11.6 Å². The third-order valence-corrected chi connectivity index (χ3v) is 3.93. The van der Waals surface area contributed by atoms with Gasteiger partial charge in [-0.15, -0.1) is 0 Å². The van der Waals surface area contributed by atoms with Gasteiger partial charge in [0.25, 0.3) is 0 Å². The van der Waals surface area contributed by atoms with E-state index >= 15 is 0 Å². The number of halogens is 1. The summed E-state index contributed by atoms with van der Waals surface area (Å²) in [7, 11) is 0. The van der Waals surface area contributed by atoms with Crippen molar-refractivity contribution in [1.29, 1.82) is 0 Å². The number of ether oxygens (including phenoxy) is 1. The molecule has 1 atom stereocenters. The lowest BCUT2D eigenvalue weighted by molar-refractivity contribution is 0.357. The predicted octanol–water partition coefficient (Wildman–Crippen LogP) is 2.93. The molecule has 1 unspecified atom stereocenters. The van der Waals surface area contributed by atoms with E-state index < -0.39 is 0 Å². The molecule has 0 radical (unpaired) electrons. The molecule has 0 saturated heterocycles. The minimum Gasteiger partial charge on any atom is -0.493 e. The van der Waals surface area contributed by atoms with E-state index in [0.717, 1.165) is 43.0 Å². The van der Waals surface area contributed by atoms with Gasteiger partial charge in [0.2, 0.25) is 0 Å². The second-order valence-corrected chi connectivity index (χ2v) is 5.45. The van der Waals surface area contributed by atoms with E-state index in [-0.39, 0.29) is 6.04 Å². The average Bonchev–Trinajstić information content (AvgIpc) is 3.04. The number of nitrogens with zero attached hydrogens (tertiary/aromatic N) is 2. The van der Waals surface area contributed by atoms with Crippen molar-refractivity contribution in [3.8, 4) is 5.75 Å². The normalized spacial score (nSPS) is 14.9. The van der Waals surface area contributed by atoms with Crippen molar-refractivity contribution in [2.75, 3.05) is 6.61 Å². The number of aryl methyl sites for hydroxylation is 1. The first kappa shape index (κ1) is 13.5. The molecule has 0 amide bonds. The highest BCUT2D eigenvalue weighted by atomic mass is 35.5. The van der Waals surface area contributed by atoms with Crippen LogP contribution in [0, 0.1) is 0 Å². The number of hydrogen-bond donors (Lipinski definition) is 1. The second-order valence-electron chi connectivity index (χ2n) is 5.04. The van der Waals surface area contributed by atoms with E-state index in [4.69, 9.17) is 22.1 Å². The number of benzene rings is 1. The minimum atomic E-state index is -0.262. The van der Waals surface area contributed by atoms with Gasteiger partial charge in [-0.2, -0.15) is 5.10 Å². The van der Waals surface area contributed by atoms with Crippen LogP contribution in [-0.4, -0.2) is 16.4 Å². The third-order valence-electron chi connectivity index (χ3n) is 3.64. The Morgan fingerprint density at radius 2 is 2.35 bits per heavy atom. The first-order valence-corrected chi connectivity index (χ1v) is 7.31. The fraction of sp³-hybridized carbons (Fsp3) is 0.400. The molecule has 0 saturated carbocycles. The van der Waals surface area contributed by atoms with Crippen molar-refractivity contribution in [1.82, 2.24) is 9.78 Å². The molecule has 3 rings (SSSR count). The van der Waals surface area contributed by atoms with Gasteiger partial charge >= 0.3 is 0 Å². The summed E-state index contributed by atoms with van der Waals surface area (Å²) in [5.41, 5.74) is 9.55. The monoisotopic (exact) mass is 291 g/mol. The van der Waals surface area contributed by atoms with Crippen LogP contribution in [0.3, 0.4) is 0 Å². The lowest BCUT2D eigenvalue weighted by Crippen LogP contribution is -2.18. The van der Waals surface area contributed by atoms with E-state index in [2.05, 4.69) is 18.1 Å². The van der Waals surface area contributed by atoms with Crippen LogP contribution in [0.4, 0.5) is 0 Å². The van der Waals surface area contributed by atoms with Gasteiger partial charge in [-0.25, -0.2) is 0 Å². The molecule has 0 bridgehead atoms. The van der Waals surface area contributed by atoms with Crippen molar-refractivity contribution < 1.29 is 4.74 Å². The van der Waals surface area contributed by atoms with Crippen LogP contribution in [0.5, 0.6) is 5.75 Å². The maximum atomic E-state index is 6.40. The van der Waals surface area contributed by atoms with Gasteiger partial charge in [-0.3, -0.25) is 4.68 Å². The molecule has 20 heavy (non-hydrogen) atoms. The fourth-order valence-corrected chi connectivity index (χ4v) is 2.89. The first-order valence-electron chi connectivity index (χ1n) is 6.93. The number of aromatic nitrogens is 2. The topological polar surface area (TPSA) is 53.1 Å². The van der Waals surface area contributed by atoms with E-state index in [0.29, 0.717) is 5.02 Å². The highest BCUT2D eigenvalue weighted by Gasteiger charge is 2.20. The third kappa shape index (κ3) is 2.30. The molecule has 106 valence electrons. The summed E-state index contributed by atoms with van der Waals surface area (Å²) in [6.07, 6.45) is 3.61. The molecule has 2 heterocycles. The molecule has 0 fully saturated rings. The molecule has 1 aliphatic heterocycles. The molecule has 1 aromatic carbocycles. The van der Waals surface area contributed by atoms with Crippen molar-refractivity contribution in [2.45, 2.75) is 32.4 Å². The fourth-order valence-electron chi connectivity index (χ4n) is 2.63. The Balaban J connectivity index is 1.96. The molecule has 0 spiro atoms. The molecule has 2 N–H and O–H groups in total. The summed E-state index contributed by atoms with van der Waals surface area (Å²) in [4.78, 5) is 0. The van der Waals surface area contributed by atoms with Crippen molar-refractivity contribution in [3.05, 3.63) is 46.2 Å².